The number of hydrogen-bond donors (Lipinski definition) is 0. The smallest absolute Gasteiger partial charge is 0.401 e. The monoisotopic (exact) mass is 538 g/mol. The first-order valence-electron chi connectivity index (χ1n) is 8.36. The molecular formula is C18H6BrClF6N4O2. The van der Waals surface area contributed by atoms with Crippen LogP contribution < -0.4 is 5.63 Å². The van der Waals surface area contributed by atoms with Crippen LogP contribution in [0.5, 0.6) is 0 Å². The Bertz CT molecular complexity index is 1410. The van der Waals surface area contributed by atoms with Gasteiger partial charge in [0.2, 0.25) is 5.89 Å². The van der Waals surface area contributed by atoms with Crippen LogP contribution >= 0.6 is 27.5 Å². The van der Waals surface area contributed by atoms with E-state index in [1.807, 2.05) is 0 Å². The third kappa shape index (κ3) is 3.97. The number of hydrogen-bond acceptors (Lipinski definition) is 5. The number of nitrogens with zero attached hydrogens (tertiary/aromatic N) is 4. The van der Waals surface area contributed by atoms with Crippen LogP contribution in [0.25, 0.3) is 28.3 Å². The highest BCUT2D eigenvalue weighted by Crippen LogP contribution is 2.36. The second-order valence-electron chi connectivity index (χ2n) is 6.29. The minimum atomic E-state index is -4.87. The van der Waals surface area contributed by atoms with Crippen molar-refractivity contribution < 1.29 is 30.8 Å². The van der Waals surface area contributed by atoms with Crippen LogP contribution in [0.15, 0.2) is 50.2 Å². The van der Waals surface area contributed by atoms with Gasteiger partial charge in [0.1, 0.15) is 5.69 Å². The van der Waals surface area contributed by atoms with Gasteiger partial charge >= 0.3 is 18.0 Å². The molecule has 32 heavy (non-hydrogen) atoms. The van der Waals surface area contributed by atoms with Crippen LogP contribution in [0.4, 0.5) is 26.3 Å². The van der Waals surface area contributed by atoms with Crippen LogP contribution in [0.2, 0.25) is 5.02 Å². The fourth-order valence-electron chi connectivity index (χ4n) is 2.78. The summed E-state index contributed by atoms with van der Waals surface area (Å²) >= 11 is 8.94. The Morgan fingerprint density at radius 2 is 1.78 bits per heavy atom. The number of aromatic nitrogens is 4. The minimum absolute atomic E-state index is 0.0651. The summed E-state index contributed by atoms with van der Waals surface area (Å²) in [6.07, 6.45) is -8.38. The number of halogens is 8. The van der Waals surface area contributed by atoms with E-state index in [1.165, 1.54) is 18.3 Å². The van der Waals surface area contributed by atoms with Gasteiger partial charge in [0.15, 0.2) is 11.5 Å². The summed E-state index contributed by atoms with van der Waals surface area (Å²) in [6.45, 7) is 0. The molecule has 0 radical (unpaired) electrons. The molecule has 166 valence electrons. The highest BCUT2D eigenvalue weighted by Gasteiger charge is 2.37. The average Bonchev–Trinajstić information content (AvgIpc) is 3.13. The van der Waals surface area contributed by atoms with Crippen molar-refractivity contribution in [2.24, 2.45) is 0 Å². The van der Waals surface area contributed by atoms with E-state index in [4.69, 9.17) is 16.0 Å². The molecule has 0 bridgehead atoms. The summed E-state index contributed by atoms with van der Waals surface area (Å²) < 4.78 is 84.5. The largest absolute Gasteiger partial charge is 0.435 e. The molecule has 0 aliphatic heterocycles. The van der Waals surface area contributed by atoms with Crippen molar-refractivity contribution in [2.45, 2.75) is 12.4 Å². The first-order valence-corrected chi connectivity index (χ1v) is 9.53. The molecule has 0 aliphatic carbocycles. The lowest BCUT2D eigenvalue weighted by molar-refractivity contribution is -0.141. The molecular weight excluding hydrogens is 534 g/mol. The number of rotatable bonds is 2. The van der Waals surface area contributed by atoms with Crippen molar-refractivity contribution >= 4 is 38.4 Å². The molecule has 3 aromatic heterocycles. The molecule has 0 fully saturated rings. The highest BCUT2D eigenvalue weighted by atomic mass is 79.9. The summed E-state index contributed by atoms with van der Waals surface area (Å²) in [5.74, 6) is -0.844. The molecule has 3 heterocycles. The van der Waals surface area contributed by atoms with Crippen molar-refractivity contribution in [1.29, 1.82) is 0 Å². The second-order valence-corrected chi connectivity index (χ2v) is 7.55. The van der Waals surface area contributed by atoms with Crippen molar-refractivity contribution in [3.8, 4) is 17.4 Å². The van der Waals surface area contributed by atoms with E-state index in [2.05, 4.69) is 31.0 Å². The second kappa shape index (κ2) is 7.59. The summed E-state index contributed by atoms with van der Waals surface area (Å²) in [5, 5.41) is 2.86. The van der Waals surface area contributed by atoms with Crippen molar-refractivity contribution in [2.75, 3.05) is 0 Å². The van der Waals surface area contributed by atoms with Gasteiger partial charge < -0.3 is 4.42 Å². The highest BCUT2D eigenvalue weighted by molar-refractivity contribution is 9.10. The topological polar surface area (TPSA) is 73.8 Å². The molecule has 4 rings (SSSR count). The molecule has 0 saturated heterocycles. The predicted molar refractivity (Wildman–Crippen MR) is 103 cm³/mol. The SMILES string of the molecule is O=c1oc(-c2cc(C(F)(F)F)nn2-c2ncccc2Cl)nc2c(Br)cc(C(F)(F)F)cc12. The Hall–Kier alpha value is -2.93. The number of fused-ring (bicyclic) bond motifs is 1. The third-order valence-electron chi connectivity index (χ3n) is 4.17. The van der Waals surface area contributed by atoms with Crippen LogP contribution in [-0.4, -0.2) is 19.7 Å². The Morgan fingerprint density at radius 1 is 1.06 bits per heavy atom. The molecule has 4 aromatic rings. The Kier molecular flexibility index (Phi) is 5.28. The molecule has 0 N–H and O–H groups in total. The van der Waals surface area contributed by atoms with Gasteiger partial charge in [-0.2, -0.15) is 31.4 Å². The van der Waals surface area contributed by atoms with E-state index in [0.717, 1.165) is 0 Å². The molecule has 0 unspecified atom stereocenters. The molecule has 0 amide bonds. The average molecular weight is 540 g/mol. The van der Waals surface area contributed by atoms with E-state index in [1.54, 1.807) is 0 Å². The number of benzene rings is 1. The zero-order valence-electron chi connectivity index (χ0n) is 15.1. The van der Waals surface area contributed by atoms with Crippen LogP contribution in [0, 0.1) is 0 Å². The fourth-order valence-corrected chi connectivity index (χ4v) is 3.53. The summed E-state index contributed by atoms with van der Waals surface area (Å²) in [7, 11) is 0. The van der Waals surface area contributed by atoms with Crippen molar-refractivity contribution in [1.82, 2.24) is 19.7 Å². The normalized spacial score (nSPS) is 12.5. The van der Waals surface area contributed by atoms with Gasteiger partial charge in [-0.25, -0.2) is 19.4 Å². The predicted octanol–water partition coefficient (Wildman–Crippen LogP) is 5.89. The third-order valence-corrected chi connectivity index (χ3v) is 5.07. The first kappa shape index (κ1) is 22.3. The maximum atomic E-state index is 13.3. The zero-order valence-corrected chi connectivity index (χ0v) is 17.4. The molecule has 1 aromatic carbocycles. The molecule has 6 nitrogen and oxygen atoms in total. The molecule has 0 atom stereocenters. The van der Waals surface area contributed by atoms with Crippen LogP contribution in [-0.2, 0) is 12.4 Å². The maximum absolute atomic E-state index is 13.3. The van der Waals surface area contributed by atoms with Crippen LogP contribution in [0.3, 0.4) is 0 Å². The van der Waals surface area contributed by atoms with Gasteiger partial charge in [0, 0.05) is 16.7 Å². The summed E-state index contributed by atoms with van der Waals surface area (Å²) in [6, 6.07) is 4.56. The first-order chi connectivity index (χ1) is 14.9. The quantitative estimate of drug-likeness (QED) is 0.297. The van der Waals surface area contributed by atoms with Gasteiger partial charge in [0.25, 0.3) is 0 Å². The minimum Gasteiger partial charge on any atom is -0.401 e. The van der Waals surface area contributed by atoms with E-state index < -0.39 is 46.2 Å². The number of pyridine rings is 1. The molecule has 14 heteroatoms. The lowest BCUT2D eigenvalue weighted by Gasteiger charge is -2.10. The summed E-state index contributed by atoms with van der Waals surface area (Å²) in [4.78, 5) is 20.3. The van der Waals surface area contributed by atoms with Crippen molar-refractivity contribution in [3.63, 3.8) is 0 Å². The Morgan fingerprint density at radius 3 is 2.41 bits per heavy atom. The fraction of sp³-hybridized carbons (Fsp3) is 0.111. The standard InChI is InChI=1S/C18H6BrClF6N4O2/c19-9-5-7(17(21,22)23)4-8-13(9)28-15(32-16(8)31)11-6-12(18(24,25)26)29-30(11)14-10(20)2-1-3-27-14/h1-6H. The van der Waals surface area contributed by atoms with Gasteiger partial charge in [-0.05, 0) is 40.2 Å². The van der Waals surface area contributed by atoms with E-state index in [0.29, 0.717) is 22.9 Å². The molecule has 0 saturated carbocycles. The van der Waals surface area contributed by atoms with Crippen LogP contribution in [0.1, 0.15) is 11.3 Å². The van der Waals surface area contributed by atoms with Gasteiger partial charge in [-0.1, -0.05) is 11.6 Å². The number of alkyl halides is 6. The van der Waals surface area contributed by atoms with E-state index in [9.17, 15) is 31.1 Å². The molecule has 0 spiro atoms. The zero-order chi connectivity index (χ0) is 23.4. The van der Waals surface area contributed by atoms with Gasteiger partial charge in [-0.15, -0.1) is 0 Å². The Labute approximate surface area is 186 Å². The summed E-state index contributed by atoms with van der Waals surface area (Å²) in [5.41, 5.74) is -4.43. The van der Waals surface area contributed by atoms with Gasteiger partial charge in [0.05, 0.1) is 21.5 Å². The Balaban J connectivity index is 2.00. The lowest BCUT2D eigenvalue weighted by atomic mass is 10.1. The van der Waals surface area contributed by atoms with E-state index in [-0.39, 0.29) is 20.8 Å². The lowest BCUT2D eigenvalue weighted by Crippen LogP contribution is -2.11. The van der Waals surface area contributed by atoms with E-state index >= 15 is 0 Å². The maximum Gasteiger partial charge on any atom is 0.435 e. The van der Waals surface area contributed by atoms with Crippen molar-refractivity contribution in [3.05, 3.63) is 67.7 Å². The molecule has 0 aliphatic rings. The van der Waals surface area contributed by atoms with Gasteiger partial charge in [-0.3, -0.25) is 0 Å².